The highest BCUT2D eigenvalue weighted by molar-refractivity contribution is 6.36. The number of nitrogens with zero attached hydrogens (tertiary/aromatic N) is 3. The average Bonchev–Trinajstić information content (AvgIpc) is 2.58. The lowest BCUT2D eigenvalue weighted by molar-refractivity contribution is 0.0691. The molecule has 2 aromatic rings. The van der Waals surface area contributed by atoms with Crippen LogP contribution < -0.4 is 5.32 Å². The van der Waals surface area contributed by atoms with Gasteiger partial charge in [0.1, 0.15) is 5.69 Å². The smallest absolute Gasteiger partial charge is 0.272 e. The molecule has 1 aliphatic heterocycles. The lowest BCUT2D eigenvalue weighted by Gasteiger charge is -2.30. The van der Waals surface area contributed by atoms with E-state index in [1.165, 1.54) is 0 Å². The van der Waals surface area contributed by atoms with Gasteiger partial charge in [0.25, 0.3) is 5.91 Å². The van der Waals surface area contributed by atoms with Crippen LogP contribution in [0.25, 0.3) is 0 Å². The summed E-state index contributed by atoms with van der Waals surface area (Å²) in [5.41, 5.74) is 1.02. The van der Waals surface area contributed by atoms with Gasteiger partial charge in [-0.3, -0.25) is 4.79 Å². The fourth-order valence-corrected chi connectivity index (χ4v) is 3.08. The van der Waals surface area contributed by atoms with Crippen molar-refractivity contribution in [2.75, 3.05) is 18.4 Å². The minimum Gasteiger partial charge on any atom is -0.337 e. The fourth-order valence-electron chi connectivity index (χ4n) is 2.62. The molecule has 126 valence electrons. The first-order valence-electron chi connectivity index (χ1n) is 7.87. The third-order valence-electron chi connectivity index (χ3n) is 4.12. The van der Waals surface area contributed by atoms with Crippen LogP contribution in [0.1, 0.15) is 30.3 Å². The van der Waals surface area contributed by atoms with Crippen molar-refractivity contribution in [1.82, 2.24) is 14.9 Å². The molecular weight excluding hydrogens is 347 g/mol. The molecule has 2 heterocycles. The van der Waals surface area contributed by atoms with Crippen molar-refractivity contribution in [1.29, 1.82) is 0 Å². The second-order valence-corrected chi connectivity index (χ2v) is 6.83. The van der Waals surface area contributed by atoms with Crippen molar-refractivity contribution in [3.63, 3.8) is 0 Å². The van der Waals surface area contributed by atoms with Crippen LogP contribution in [0.4, 0.5) is 11.6 Å². The maximum Gasteiger partial charge on any atom is 0.272 e. The number of carbonyl (C=O) groups excluding carboxylic acids is 1. The van der Waals surface area contributed by atoms with E-state index in [9.17, 15) is 4.79 Å². The maximum atomic E-state index is 12.6. The Morgan fingerprint density at radius 1 is 1.25 bits per heavy atom. The van der Waals surface area contributed by atoms with E-state index in [1.807, 2.05) is 4.90 Å². The first-order chi connectivity index (χ1) is 11.5. The first-order valence-corrected chi connectivity index (χ1v) is 8.63. The molecule has 1 aromatic carbocycles. The Labute approximate surface area is 151 Å². The number of amides is 1. The molecule has 24 heavy (non-hydrogen) atoms. The number of halogens is 2. The predicted octanol–water partition coefficient (Wildman–Crippen LogP) is 4.40. The van der Waals surface area contributed by atoms with E-state index >= 15 is 0 Å². The Bertz CT molecular complexity index is 745. The Morgan fingerprint density at radius 3 is 2.71 bits per heavy atom. The summed E-state index contributed by atoms with van der Waals surface area (Å²) in [6.45, 7) is 3.76. The number of hydrogen-bond acceptors (Lipinski definition) is 4. The standard InChI is InChI=1S/C17H18Cl2N4O/c1-11-5-8-23(9-6-11)16(24)15-4-7-20-17(22-15)21-14-3-2-12(18)10-13(14)19/h2-4,7,10-11H,5-6,8-9H2,1H3,(H,20,21,22). The van der Waals surface area contributed by atoms with Gasteiger partial charge in [-0.15, -0.1) is 0 Å². The second-order valence-electron chi connectivity index (χ2n) is 5.99. The molecule has 3 rings (SSSR count). The summed E-state index contributed by atoms with van der Waals surface area (Å²) in [5, 5.41) is 4.04. The van der Waals surface area contributed by atoms with E-state index in [-0.39, 0.29) is 5.91 Å². The van der Waals surface area contributed by atoms with Gasteiger partial charge >= 0.3 is 0 Å². The lowest BCUT2D eigenvalue weighted by atomic mass is 9.99. The lowest BCUT2D eigenvalue weighted by Crippen LogP contribution is -2.38. The third-order valence-corrected chi connectivity index (χ3v) is 4.67. The zero-order valence-electron chi connectivity index (χ0n) is 13.3. The highest BCUT2D eigenvalue weighted by Gasteiger charge is 2.22. The molecule has 1 fully saturated rings. The minimum atomic E-state index is -0.0606. The number of rotatable bonds is 3. The maximum absolute atomic E-state index is 12.6. The van der Waals surface area contributed by atoms with Crippen LogP contribution in [0.15, 0.2) is 30.5 Å². The summed E-state index contributed by atoms with van der Waals surface area (Å²) >= 11 is 12.0. The summed E-state index contributed by atoms with van der Waals surface area (Å²) in [4.78, 5) is 22.9. The van der Waals surface area contributed by atoms with Crippen molar-refractivity contribution in [3.05, 3.63) is 46.2 Å². The van der Waals surface area contributed by atoms with Crippen molar-refractivity contribution in [3.8, 4) is 0 Å². The Hall–Kier alpha value is -1.85. The predicted molar refractivity (Wildman–Crippen MR) is 96.1 cm³/mol. The quantitative estimate of drug-likeness (QED) is 0.876. The van der Waals surface area contributed by atoms with Gasteiger partial charge in [0, 0.05) is 24.3 Å². The zero-order chi connectivity index (χ0) is 17.1. The molecule has 0 spiro atoms. The van der Waals surface area contributed by atoms with Gasteiger partial charge in [-0.25, -0.2) is 9.97 Å². The van der Waals surface area contributed by atoms with Crippen molar-refractivity contribution in [2.24, 2.45) is 5.92 Å². The topological polar surface area (TPSA) is 58.1 Å². The monoisotopic (exact) mass is 364 g/mol. The fraction of sp³-hybridized carbons (Fsp3) is 0.353. The van der Waals surface area contributed by atoms with Crippen LogP contribution in [-0.4, -0.2) is 33.9 Å². The molecule has 1 aromatic heterocycles. The molecule has 0 saturated carbocycles. The number of carbonyl (C=O) groups is 1. The van der Waals surface area contributed by atoms with E-state index in [4.69, 9.17) is 23.2 Å². The summed E-state index contributed by atoms with van der Waals surface area (Å²) in [6, 6.07) is 6.73. The van der Waals surface area contributed by atoms with Gasteiger partial charge in [0.2, 0.25) is 5.95 Å². The molecule has 1 saturated heterocycles. The van der Waals surface area contributed by atoms with Crippen LogP contribution in [0, 0.1) is 5.92 Å². The molecule has 1 N–H and O–H groups in total. The van der Waals surface area contributed by atoms with Crippen LogP contribution in [0.3, 0.4) is 0 Å². The average molecular weight is 365 g/mol. The number of anilines is 2. The van der Waals surface area contributed by atoms with E-state index in [0.717, 1.165) is 25.9 Å². The highest BCUT2D eigenvalue weighted by Crippen LogP contribution is 2.27. The van der Waals surface area contributed by atoms with Crippen LogP contribution in [0.5, 0.6) is 0 Å². The minimum absolute atomic E-state index is 0.0606. The Balaban J connectivity index is 1.75. The molecular formula is C17H18Cl2N4O. The molecule has 1 aliphatic rings. The molecule has 0 bridgehead atoms. The van der Waals surface area contributed by atoms with E-state index < -0.39 is 0 Å². The highest BCUT2D eigenvalue weighted by atomic mass is 35.5. The zero-order valence-corrected chi connectivity index (χ0v) is 14.8. The van der Waals surface area contributed by atoms with Gasteiger partial charge in [0.15, 0.2) is 0 Å². The summed E-state index contributed by atoms with van der Waals surface area (Å²) in [5.74, 6) is 0.939. The summed E-state index contributed by atoms with van der Waals surface area (Å²) in [7, 11) is 0. The van der Waals surface area contributed by atoms with Gasteiger partial charge in [-0.05, 0) is 43.0 Å². The summed E-state index contributed by atoms with van der Waals surface area (Å²) < 4.78 is 0. The molecule has 0 atom stereocenters. The van der Waals surface area contributed by atoms with Crippen LogP contribution in [0.2, 0.25) is 10.0 Å². The number of nitrogens with one attached hydrogen (secondary N) is 1. The molecule has 1 amide bonds. The number of piperidine rings is 1. The van der Waals surface area contributed by atoms with Crippen molar-refractivity contribution >= 4 is 40.7 Å². The van der Waals surface area contributed by atoms with E-state index in [2.05, 4.69) is 22.2 Å². The molecule has 0 aliphatic carbocycles. The Morgan fingerprint density at radius 2 is 2.00 bits per heavy atom. The number of likely N-dealkylation sites (tertiary alicyclic amines) is 1. The van der Waals surface area contributed by atoms with Gasteiger partial charge in [-0.1, -0.05) is 30.1 Å². The summed E-state index contributed by atoms with van der Waals surface area (Å²) in [6.07, 6.45) is 3.63. The Kier molecular flexibility index (Phi) is 5.21. The van der Waals surface area contributed by atoms with E-state index in [0.29, 0.717) is 33.3 Å². The number of aromatic nitrogens is 2. The van der Waals surface area contributed by atoms with Gasteiger partial charge < -0.3 is 10.2 Å². The largest absolute Gasteiger partial charge is 0.337 e. The SMILES string of the molecule is CC1CCN(C(=O)c2ccnc(Nc3ccc(Cl)cc3Cl)n2)CC1. The van der Waals surface area contributed by atoms with Gasteiger partial charge in [-0.2, -0.15) is 0 Å². The normalized spacial score (nSPS) is 15.4. The van der Waals surface area contributed by atoms with Crippen LogP contribution >= 0.6 is 23.2 Å². The second kappa shape index (κ2) is 7.36. The third kappa shape index (κ3) is 3.97. The molecule has 0 radical (unpaired) electrons. The molecule has 5 nitrogen and oxygen atoms in total. The van der Waals surface area contributed by atoms with Crippen molar-refractivity contribution in [2.45, 2.75) is 19.8 Å². The van der Waals surface area contributed by atoms with Crippen LogP contribution in [-0.2, 0) is 0 Å². The van der Waals surface area contributed by atoms with Gasteiger partial charge in [0.05, 0.1) is 10.7 Å². The molecule has 0 unspecified atom stereocenters. The molecule has 7 heteroatoms. The number of hydrogen-bond donors (Lipinski definition) is 1. The van der Waals surface area contributed by atoms with Crippen molar-refractivity contribution < 1.29 is 4.79 Å². The number of benzene rings is 1. The first kappa shape index (κ1) is 17.0. The van der Waals surface area contributed by atoms with E-state index in [1.54, 1.807) is 30.5 Å².